The van der Waals surface area contributed by atoms with E-state index < -0.39 is 0 Å². The van der Waals surface area contributed by atoms with Crippen molar-refractivity contribution in [3.8, 4) is 0 Å². The first-order valence-electron chi connectivity index (χ1n) is 7.78. The van der Waals surface area contributed by atoms with E-state index in [1.807, 2.05) is 13.0 Å². The average molecular weight is 286 g/mol. The van der Waals surface area contributed by atoms with E-state index in [9.17, 15) is 5.11 Å². The Balaban J connectivity index is 2.81. The third kappa shape index (κ3) is 5.51. The third-order valence-electron chi connectivity index (χ3n) is 4.25. The second-order valence-electron chi connectivity index (χ2n) is 6.81. The first-order chi connectivity index (χ1) is 9.76. The van der Waals surface area contributed by atoms with E-state index in [1.165, 1.54) is 16.7 Å². The van der Waals surface area contributed by atoms with E-state index in [1.54, 1.807) is 0 Å². The topological polar surface area (TPSA) is 20.2 Å². The van der Waals surface area contributed by atoms with Crippen LogP contribution in [0.4, 0.5) is 0 Å². The van der Waals surface area contributed by atoms with Crippen molar-refractivity contribution >= 4 is 0 Å². The number of aliphatic hydroxyl groups is 1. The van der Waals surface area contributed by atoms with E-state index >= 15 is 0 Å². The lowest BCUT2D eigenvalue weighted by Gasteiger charge is -2.38. The summed E-state index contributed by atoms with van der Waals surface area (Å²) in [6.07, 6.45) is 15.4. The molecule has 0 heterocycles. The highest BCUT2D eigenvalue weighted by Gasteiger charge is 2.34. The molecule has 0 unspecified atom stereocenters. The van der Waals surface area contributed by atoms with Crippen molar-refractivity contribution in [3.63, 3.8) is 0 Å². The van der Waals surface area contributed by atoms with Gasteiger partial charge < -0.3 is 5.11 Å². The highest BCUT2D eigenvalue weighted by molar-refractivity contribution is 5.29. The molecule has 1 heteroatoms. The first kappa shape index (κ1) is 17.7. The van der Waals surface area contributed by atoms with Crippen LogP contribution in [0, 0.1) is 11.3 Å². The summed E-state index contributed by atoms with van der Waals surface area (Å²) in [5.41, 5.74) is 3.88. The maximum absolute atomic E-state index is 9.88. The van der Waals surface area contributed by atoms with Gasteiger partial charge in [-0.25, -0.2) is 0 Å². The zero-order chi connectivity index (χ0) is 16.0. The maximum atomic E-state index is 9.88. The molecule has 21 heavy (non-hydrogen) atoms. The zero-order valence-corrected chi connectivity index (χ0v) is 14.4. The minimum Gasteiger partial charge on any atom is -0.389 e. The van der Waals surface area contributed by atoms with Crippen molar-refractivity contribution in [1.82, 2.24) is 0 Å². The van der Waals surface area contributed by atoms with Crippen LogP contribution < -0.4 is 0 Å². The second-order valence-corrected chi connectivity index (χ2v) is 6.81. The molecule has 0 fully saturated rings. The van der Waals surface area contributed by atoms with Gasteiger partial charge in [-0.3, -0.25) is 0 Å². The maximum Gasteiger partial charge on any atom is 0.0729 e. The molecular formula is C20H30O. The molecule has 1 N–H and O–H groups in total. The van der Waals surface area contributed by atoms with Crippen molar-refractivity contribution in [3.05, 3.63) is 59.3 Å². The molecule has 0 aromatic rings. The van der Waals surface area contributed by atoms with Crippen LogP contribution in [-0.4, -0.2) is 11.2 Å². The molecule has 0 bridgehead atoms. The Bertz CT molecular complexity index is 498. The summed E-state index contributed by atoms with van der Waals surface area (Å²) in [5.74, 6) is 0.394. The molecule has 1 aliphatic carbocycles. The van der Waals surface area contributed by atoms with E-state index in [0.717, 1.165) is 6.42 Å². The van der Waals surface area contributed by atoms with Gasteiger partial charge >= 0.3 is 0 Å². The second kappa shape index (κ2) is 7.61. The number of aliphatic hydroxyl groups excluding tert-OH is 1. The first-order valence-corrected chi connectivity index (χ1v) is 7.78. The molecule has 116 valence electrons. The van der Waals surface area contributed by atoms with Crippen LogP contribution in [0.25, 0.3) is 0 Å². The molecule has 1 rings (SSSR count). The normalized spacial score (nSPS) is 27.5. The minimum atomic E-state index is -0.298. The molecule has 1 nitrogen and oxygen atoms in total. The van der Waals surface area contributed by atoms with Crippen LogP contribution in [0.15, 0.2) is 59.3 Å². The van der Waals surface area contributed by atoms with E-state index in [0.29, 0.717) is 5.92 Å². The number of hydrogen-bond acceptors (Lipinski definition) is 1. The van der Waals surface area contributed by atoms with Crippen molar-refractivity contribution in [2.75, 3.05) is 0 Å². The van der Waals surface area contributed by atoms with Crippen LogP contribution in [0.1, 0.15) is 48.0 Å². The summed E-state index contributed by atoms with van der Waals surface area (Å²) in [5, 5.41) is 9.88. The van der Waals surface area contributed by atoms with Gasteiger partial charge in [0.2, 0.25) is 0 Å². The van der Waals surface area contributed by atoms with Crippen molar-refractivity contribution in [1.29, 1.82) is 0 Å². The fraction of sp³-hybridized carbons (Fsp3) is 0.500. The number of hydrogen-bond donors (Lipinski definition) is 1. The van der Waals surface area contributed by atoms with Crippen LogP contribution in [0.3, 0.4) is 0 Å². The predicted molar refractivity (Wildman–Crippen MR) is 93.1 cm³/mol. The Kier molecular flexibility index (Phi) is 6.42. The van der Waals surface area contributed by atoms with E-state index in [4.69, 9.17) is 0 Å². The fourth-order valence-electron chi connectivity index (χ4n) is 2.91. The molecule has 0 spiro atoms. The van der Waals surface area contributed by atoms with Gasteiger partial charge in [0.05, 0.1) is 6.10 Å². The largest absolute Gasteiger partial charge is 0.389 e. The van der Waals surface area contributed by atoms with E-state index in [2.05, 4.69) is 71.1 Å². The molecule has 2 atom stereocenters. The smallest absolute Gasteiger partial charge is 0.0729 e. The monoisotopic (exact) mass is 286 g/mol. The Morgan fingerprint density at radius 2 is 1.90 bits per heavy atom. The predicted octanol–water partition coefficient (Wildman–Crippen LogP) is 5.36. The van der Waals surface area contributed by atoms with Crippen LogP contribution in [-0.2, 0) is 0 Å². The summed E-state index contributed by atoms with van der Waals surface area (Å²) in [6.45, 7) is 12.8. The highest BCUT2D eigenvalue weighted by Crippen LogP contribution is 2.41. The summed E-state index contributed by atoms with van der Waals surface area (Å²) in [4.78, 5) is 0. The van der Waals surface area contributed by atoms with Gasteiger partial charge in [-0.15, -0.1) is 0 Å². The molecule has 1 aliphatic rings. The fourth-order valence-corrected chi connectivity index (χ4v) is 2.91. The zero-order valence-electron chi connectivity index (χ0n) is 14.4. The number of rotatable bonds is 4. The highest BCUT2D eigenvalue weighted by atomic mass is 16.3. The lowest BCUT2D eigenvalue weighted by atomic mass is 9.67. The molecule has 0 radical (unpaired) electrons. The van der Waals surface area contributed by atoms with Gasteiger partial charge in [0.1, 0.15) is 0 Å². The Labute approximate surface area is 130 Å². The Morgan fingerprint density at radius 1 is 1.24 bits per heavy atom. The Hall–Kier alpha value is -1.34. The SMILES string of the molecule is C/C=C(C)/C=C/C=C(C)/C=C/[C@H]1C(C)=C[C@H](O)CC1(C)C. The van der Waals surface area contributed by atoms with Crippen molar-refractivity contribution in [2.45, 2.75) is 54.1 Å². The summed E-state index contributed by atoms with van der Waals surface area (Å²) in [6, 6.07) is 0. The van der Waals surface area contributed by atoms with E-state index in [-0.39, 0.29) is 11.5 Å². The molecule has 0 amide bonds. The third-order valence-corrected chi connectivity index (χ3v) is 4.25. The van der Waals surface area contributed by atoms with Crippen molar-refractivity contribution < 1.29 is 5.11 Å². The van der Waals surface area contributed by atoms with Gasteiger partial charge in [0.15, 0.2) is 0 Å². The van der Waals surface area contributed by atoms with Gasteiger partial charge in [-0.05, 0) is 39.5 Å². The summed E-state index contributed by atoms with van der Waals surface area (Å²) >= 11 is 0. The number of allylic oxidation sites excluding steroid dienone is 9. The van der Waals surface area contributed by atoms with Gasteiger partial charge in [-0.1, -0.05) is 73.1 Å². The molecule has 0 aromatic carbocycles. The molecule has 0 saturated heterocycles. The molecule has 0 aliphatic heterocycles. The molecule has 0 saturated carbocycles. The van der Waals surface area contributed by atoms with Crippen molar-refractivity contribution in [2.24, 2.45) is 11.3 Å². The standard InChI is InChI=1S/C20H30O/c1-7-15(2)9-8-10-16(3)11-12-19-17(4)13-18(21)14-20(19,5)6/h7-13,18-19,21H,14H2,1-6H3/b9-8+,12-11+,15-7+,16-10+/t18-,19-/m0/s1. The quantitative estimate of drug-likeness (QED) is 0.544. The van der Waals surface area contributed by atoms with Crippen LogP contribution in [0.2, 0.25) is 0 Å². The van der Waals surface area contributed by atoms with Crippen LogP contribution >= 0.6 is 0 Å². The van der Waals surface area contributed by atoms with Gasteiger partial charge in [0, 0.05) is 5.92 Å². The van der Waals surface area contributed by atoms with Gasteiger partial charge in [-0.2, -0.15) is 0 Å². The summed E-state index contributed by atoms with van der Waals surface area (Å²) in [7, 11) is 0. The lowest BCUT2D eigenvalue weighted by Crippen LogP contribution is -2.32. The summed E-state index contributed by atoms with van der Waals surface area (Å²) < 4.78 is 0. The lowest BCUT2D eigenvalue weighted by molar-refractivity contribution is 0.117. The average Bonchev–Trinajstić information content (AvgIpc) is 2.36. The van der Waals surface area contributed by atoms with Gasteiger partial charge in [0.25, 0.3) is 0 Å². The minimum absolute atomic E-state index is 0.104. The van der Waals surface area contributed by atoms with Crippen LogP contribution in [0.5, 0.6) is 0 Å². The Morgan fingerprint density at radius 3 is 2.48 bits per heavy atom. The molecular weight excluding hydrogens is 256 g/mol. The molecule has 0 aromatic heterocycles.